The second kappa shape index (κ2) is 8.12. The minimum absolute atomic E-state index is 0.0514. The summed E-state index contributed by atoms with van der Waals surface area (Å²) in [4.78, 5) is 20.7. The molecule has 0 aliphatic heterocycles. The van der Waals surface area contributed by atoms with E-state index in [1.54, 1.807) is 25.4 Å². The Hall–Kier alpha value is -2.71. The van der Waals surface area contributed by atoms with E-state index >= 15 is 0 Å². The molecule has 146 valence electrons. The molecule has 1 aromatic carbocycles. The van der Waals surface area contributed by atoms with Crippen LogP contribution in [0.15, 0.2) is 36.5 Å². The number of nitrogens with one attached hydrogen (secondary N) is 2. The Morgan fingerprint density at radius 1 is 1.29 bits per heavy atom. The Labute approximate surface area is 166 Å². The van der Waals surface area contributed by atoms with Crippen LogP contribution < -0.4 is 15.4 Å². The van der Waals surface area contributed by atoms with Gasteiger partial charge >= 0.3 is 0 Å². The van der Waals surface area contributed by atoms with E-state index in [9.17, 15) is 9.90 Å². The minimum Gasteiger partial charge on any atom is -0.455 e. The van der Waals surface area contributed by atoms with Crippen LogP contribution in [0.1, 0.15) is 36.2 Å². The number of ether oxygens (including phenoxy) is 1. The zero-order valence-corrected chi connectivity index (χ0v) is 16.3. The van der Waals surface area contributed by atoms with Gasteiger partial charge < -0.3 is 20.5 Å². The lowest BCUT2D eigenvalue weighted by Gasteiger charge is -2.27. The van der Waals surface area contributed by atoms with Crippen LogP contribution in [-0.2, 0) is 0 Å². The SMILES string of the molecule is CNC(=O)c1ncccc1Oc1ccc2nc(N[C@@H]3CCCC[C@H]3O)sc2c1. The number of carbonyl (C=O) groups is 1. The molecule has 3 aromatic rings. The van der Waals surface area contributed by atoms with E-state index in [1.165, 1.54) is 11.3 Å². The number of benzene rings is 1. The van der Waals surface area contributed by atoms with E-state index in [2.05, 4.69) is 20.6 Å². The molecule has 1 amide bonds. The monoisotopic (exact) mass is 398 g/mol. The number of thiazole rings is 1. The molecule has 4 rings (SSSR count). The molecule has 2 aromatic heterocycles. The zero-order chi connectivity index (χ0) is 19.5. The van der Waals surface area contributed by atoms with Crippen LogP contribution in [-0.4, -0.2) is 40.2 Å². The summed E-state index contributed by atoms with van der Waals surface area (Å²) >= 11 is 1.52. The van der Waals surface area contributed by atoms with Gasteiger partial charge in [-0.25, -0.2) is 9.97 Å². The number of fused-ring (bicyclic) bond motifs is 1. The molecule has 7 nitrogen and oxygen atoms in total. The lowest BCUT2D eigenvalue weighted by molar-refractivity contribution is 0.0955. The summed E-state index contributed by atoms with van der Waals surface area (Å²) in [5.74, 6) is 0.708. The second-order valence-corrected chi connectivity index (χ2v) is 7.81. The predicted octanol–water partition coefficient (Wildman–Crippen LogP) is 3.56. The van der Waals surface area contributed by atoms with Crippen molar-refractivity contribution >= 4 is 32.6 Å². The molecule has 0 spiro atoms. The van der Waals surface area contributed by atoms with Crippen molar-refractivity contribution in [3.8, 4) is 11.5 Å². The zero-order valence-electron chi connectivity index (χ0n) is 15.5. The van der Waals surface area contributed by atoms with Crippen LogP contribution in [0.25, 0.3) is 10.2 Å². The third kappa shape index (κ3) is 3.93. The number of hydrogen-bond donors (Lipinski definition) is 3. The van der Waals surface area contributed by atoms with Crippen molar-refractivity contribution in [1.82, 2.24) is 15.3 Å². The Bertz CT molecular complexity index is 990. The fraction of sp³-hybridized carbons (Fsp3) is 0.350. The number of amides is 1. The Morgan fingerprint density at radius 3 is 2.96 bits per heavy atom. The van der Waals surface area contributed by atoms with Gasteiger partial charge in [0.25, 0.3) is 5.91 Å². The highest BCUT2D eigenvalue weighted by atomic mass is 32.1. The molecule has 0 bridgehead atoms. The quantitative estimate of drug-likeness (QED) is 0.608. The summed E-state index contributed by atoms with van der Waals surface area (Å²) in [6.07, 6.45) is 5.21. The summed E-state index contributed by atoms with van der Waals surface area (Å²) < 4.78 is 6.88. The maximum atomic E-state index is 12.0. The van der Waals surface area contributed by atoms with Crippen molar-refractivity contribution in [3.63, 3.8) is 0 Å². The van der Waals surface area contributed by atoms with E-state index in [-0.39, 0.29) is 23.7 Å². The fourth-order valence-electron chi connectivity index (χ4n) is 3.36. The number of aromatic nitrogens is 2. The van der Waals surface area contributed by atoms with E-state index < -0.39 is 0 Å². The summed E-state index contributed by atoms with van der Waals surface area (Å²) in [7, 11) is 1.56. The molecule has 8 heteroatoms. The highest BCUT2D eigenvalue weighted by Gasteiger charge is 2.23. The number of hydrogen-bond acceptors (Lipinski definition) is 7. The number of pyridine rings is 1. The largest absolute Gasteiger partial charge is 0.455 e. The molecule has 2 atom stereocenters. The molecule has 2 heterocycles. The lowest BCUT2D eigenvalue weighted by Crippen LogP contribution is -2.36. The van der Waals surface area contributed by atoms with E-state index in [0.29, 0.717) is 11.5 Å². The average Bonchev–Trinajstić information content (AvgIpc) is 3.11. The Morgan fingerprint density at radius 2 is 2.14 bits per heavy atom. The van der Waals surface area contributed by atoms with Gasteiger partial charge in [-0.3, -0.25) is 4.79 Å². The van der Waals surface area contributed by atoms with Crippen molar-refractivity contribution in [1.29, 1.82) is 0 Å². The first-order valence-corrected chi connectivity index (χ1v) is 10.2. The number of aliphatic hydroxyl groups excluding tert-OH is 1. The summed E-state index contributed by atoms with van der Waals surface area (Å²) in [5, 5.41) is 16.9. The molecule has 1 fully saturated rings. The highest BCUT2D eigenvalue weighted by Crippen LogP contribution is 2.33. The van der Waals surface area contributed by atoms with Gasteiger partial charge in [0.15, 0.2) is 16.6 Å². The van der Waals surface area contributed by atoms with Crippen molar-refractivity contribution in [2.75, 3.05) is 12.4 Å². The first-order chi connectivity index (χ1) is 13.6. The van der Waals surface area contributed by atoms with Crippen LogP contribution in [0.3, 0.4) is 0 Å². The topological polar surface area (TPSA) is 96.4 Å². The van der Waals surface area contributed by atoms with Gasteiger partial charge in [-0.05, 0) is 37.1 Å². The molecule has 1 saturated carbocycles. The lowest BCUT2D eigenvalue weighted by atomic mass is 9.93. The molecular formula is C20H22N4O3S. The number of nitrogens with zero attached hydrogens (tertiary/aromatic N) is 2. The van der Waals surface area contributed by atoms with Crippen LogP contribution in [0.5, 0.6) is 11.5 Å². The second-order valence-electron chi connectivity index (χ2n) is 6.78. The smallest absolute Gasteiger partial charge is 0.273 e. The molecule has 0 radical (unpaired) electrons. The minimum atomic E-state index is -0.326. The molecular weight excluding hydrogens is 376 g/mol. The van der Waals surface area contributed by atoms with E-state index in [1.807, 2.05) is 18.2 Å². The van der Waals surface area contributed by atoms with Gasteiger partial charge in [-0.1, -0.05) is 24.2 Å². The van der Waals surface area contributed by atoms with Crippen molar-refractivity contribution in [2.24, 2.45) is 0 Å². The third-order valence-electron chi connectivity index (χ3n) is 4.84. The van der Waals surface area contributed by atoms with Crippen LogP contribution in [0.2, 0.25) is 0 Å². The van der Waals surface area contributed by atoms with Crippen LogP contribution in [0.4, 0.5) is 5.13 Å². The van der Waals surface area contributed by atoms with Gasteiger partial charge in [-0.15, -0.1) is 0 Å². The third-order valence-corrected chi connectivity index (χ3v) is 5.79. The standard InChI is InChI=1S/C20H22N4O3S/c1-21-19(26)18-16(7-4-10-22-18)27-12-8-9-14-17(11-12)28-20(24-14)23-13-5-2-3-6-15(13)25/h4,7-11,13,15,25H,2-3,5-6H2,1H3,(H,21,26)(H,23,24)/t13-,15-/m1/s1. The van der Waals surface area contributed by atoms with Crippen molar-refractivity contribution in [3.05, 3.63) is 42.2 Å². The van der Waals surface area contributed by atoms with E-state index in [4.69, 9.17) is 4.74 Å². The number of rotatable bonds is 5. The molecule has 3 N–H and O–H groups in total. The van der Waals surface area contributed by atoms with Crippen LogP contribution >= 0.6 is 11.3 Å². The predicted molar refractivity (Wildman–Crippen MR) is 109 cm³/mol. The Balaban J connectivity index is 1.55. The summed E-state index contributed by atoms with van der Waals surface area (Å²) in [5.41, 5.74) is 1.10. The highest BCUT2D eigenvalue weighted by molar-refractivity contribution is 7.22. The molecule has 0 saturated heterocycles. The molecule has 0 unspecified atom stereocenters. The van der Waals surface area contributed by atoms with Gasteiger partial charge in [0.1, 0.15) is 5.75 Å². The normalized spacial score (nSPS) is 19.4. The van der Waals surface area contributed by atoms with Gasteiger partial charge in [0.2, 0.25) is 0 Å². The summed E-state index contributed by atoms with van der Waals surface area (Å²) in [6, 6.07) is 9.10. The summed E-state index contributed by atoms with van der Waals surface area (Å²) in [6.45, 7) is 0. The number of aliphatic hydroxyl groups is 1. The molecule has 1 aliphatic rings. The first kappa shape index (κ1) is 18.6. The molecule has 1 aliphatic carbocycles. The first-order valence-electron chi connectivity index (χ1n) is 9.34. The van der Waals surface area contributed by atoms with Gasteiger partial charge in [-0.2, -0.15) is 0 Å². The van der Waals surface area contributed by atoms with Crippen LogP contribution in [0, 0.1) is 0 Å². The van der Waals surface area contributed by atoms with Gasteiger partial charge in [0.05, 0.1) is 22.4 Å². The maximum Gasteiger partial charge on any atom is 0.273 e. The van der Waals surface area contributed by atoms with E-state index in [0.717, 1.165) is 41.0 Å². The molecule has 28 heavy (non-hydrogen) atoms. The van der Waals surface area contributed by atoms with Gasteiger partial charge in [0, 0.05) is 19.3 Å². The Kier molecular flexibility index (Phi) is 5.40. The van der Waals surface area contributed by atoms with Crippen molar-refractivity contribution < 1.29 is 14.6 Å². The number of anilines is 1. The number of carbonyl (C=O) groups excluding carboxylic acids is 1. The maximum absolute atomic E-state index is 12.0. The van der Waals surface area contributed by atoms with Crippen molar-refractivity contribution in [2.45, 2.75) is 37.8 Å². The average molecular weight is 398 g/mol. The fourth-order valence-corrected chi connectivity index (χ4v) is 4.31.